The highest BCUT2D eigenvalue weighted by Crippen LogP contribution is 2.25. The van der Waals surface area contributed by atoms with Gasteiger partial charge in [0.05, 0.1) is 18.0 Å². The van der Waals surface area contributed by atoms with E-state index in [1.807, 2.05) is 31.7 Å². The molecule has 1 N–H and O–H groups in total. The molecule has 0 saturated heterocycles. The molecule has 0 aliphatic rings. The first-order valence-electron chi connectivity index (χ1n) is 5.73. The highest BCUT2D eigenvalue weighted by molar-refractivity contribution is 7.99. The van der Waals surface area contributed by atoms with E-state index in [0.29, 0.717) is 5.16 Å². The fourth-order valence-corrected chi connectivity index (χ4v) is 2.61. The van der Waals surface area contributed by atoms with Crippen LogP contribution in [0.5, 0.6) is 0 Å². The van der Waals surface area contributed by atoms with Crippen molar-refractivity contribution in [2.24, 2.45) is 7.05 Å². The van der Waals surface area contributed by atoms with Gasteiger partial charge in [-0.25, -0.2) is 0 Å². The summed E-state index contributed by atoms with van der Waals surface area (Å²) >= 11 is 1.17. The largest absolute Gasteiger partial charge is 0.481 e. The van der Waals surface area contributed by atoms with Gasteiger partial charge in [-0.3, -0.25) is 14.0 Å². The Morgan fingerprint density at radius 1 is 1.53 bits per heavy atom. The third-order valence-corrected chi connectivity index (χ3v) is 3.68. The molecule has 1 unspecified atom stereocenters. The van der Waals surface area contributed by atoms with Gasteiger partial charge in [-0.2, -0.15) is 5.10 Å². The Kier molecular flexibility index (Phi) is 3.89. The second-order valence-electron chi connectivity index (χ2n) is 4.21. The molecular formula is C11H15N5O2S. The minimum absolute atomic E-state index is 0.0139. The zero-order valence-corrected chi connectivity index (χ0v) is 11.8. The van der Waals surface area contributed by atoms with Crippen LogP contribution in [0.2, 0.25) is 0 Å². The molecule has 1 atom stereocenters. The molecule has 0 bridgehead atoms. The summed E-state index contributed by atoms with van der Waals surface area (Å²) in [6, 6.07) is 0.0139. The van der Waals surface area contributed by atoms with E-state index >= 15 is 0 Å². The minimum Gasteiger partial charge on any atom is -0.481 e. The van der Waals surface area contributed by atoms with Crippen molar-refractivity contribution < 1.29 is 9.90 Å². The van der Waals surface area contributed by atoms with Crippen molar-refractivity contribution in [1.29, 1.82) is 0 Å². The van der Waals surface area contributed by atoms with Gasteiger partial charge in [-0.15, -0.1) is 10.2 Å². The van der Waals surface area contributed by atoms with E-state index in [1.54, 1.807) is 10.9 Å². The molecule has 0 aromatic carbocycles. The van der Waals surface area contributed by atoms with Gasteiger partial charge in [-0.1, -0.05) is 11.8 Å². The highest BCUT2D eigenvalue weighted by Gasteiger charge is 2.18. The lowest BCUT2D eigenvalue weighted by Gasteiger charge is -2.15. The Morgan fingerprint density at radius 3 is 2.84 bits per heavy atom. The molecule has 2 aromatic heterocycles. The lowest BCUT2D eigenvalue weighted by Crippen LogP contribution is -2.10. The van der Waals surface area contributed by atoms with E-state index in [0.717, 1.165) is 11.4 Å². The maximum atomic E-state index is 10.6. The molecular weight excluding hydrogens is 266 g/mol. The fourth-order valence-electron chi connectivity index (χ4n) is 1.83. The Morgan fingerprint density at radius 2 is 2.26 bits per heavy atom. The number of carbonyl (C=O) groups is 1. The van der Waals surface area contributed by atoms with Crippen LogP contribution < -0.4 is 0 Å². The first-order valence-corrected chi connectivity index (χ1v) is 6.72. The van der Waals surface area contributed by atoms with Crippen LogP contribution in [0.1, 0.15) is 24.4 Å². The van der Waals surface area contributed by atoms with Crippen LogP contribution in [0.4, 0.5) is 0 Å². The first kappa shape index (κ1) is 13.6. The number of rotatable bonds is 5. The molecule has 8 heteroatoms. The second kappa shape index (κ2) is 5.43. The number of aliphatic carboxylic acids is 1. The van der Waals surface area contributed by atoms with Gasteiger partial charge in [0.15, 0.2) is 5.16 Å². The quantitative estimate of drug-likeness (QED) is 0.826. The van der Waals surface area contributed by atoms with Crippen molar-refractivity contribution in [3.63, 3.8) is 0 Å². The molecule has 0 radical (unpaired) electrons. The van der Waals surface area contributed by atoms with E-state index in [4.69, 9.17) is 5.11 Å². The Labute approximate surface area is 114 Å². The van der Waals surface area contributed by atoms with Crippen molar-refractivity contribution >= 4 is 17.7 Å². The van der Waals surface area contributed by atoms with Gasteiger partial charge in [-0.05, 0) is 13.8 Å². The maximum absolute atomic E-state index is 10.6. The van der Waals surface area contributed by atoms with E-state index < -0.39 is 5.97 Å². The molecule has 0 aliphatic carbocycles. The molecule has 2 aromatic rings. The molecule has 2 heterocycles. The smallest absolute Gasteiger partial charge is 0.313 e. The zero-order chi connectivity index (χ0) is 14.0. The Bertz CT molecular complexity index is 592. The topological polar surface area (TPSA) is 85.8 Å². The number of aryl methyl sites for hydroxylation is 2. The third kappa shape index (κ3) is 2.95. The van der Waals surface area contributed by atoms with Crippen LogP contribution in [-0.4, -0.2) is 41.4 Å². The summed E-state index contributed by atoms with van der Waals surface area (Å²) in [5.41, 5.74) is 1.03. The number of carboxylic acids is 1. The van der Waals surface area contributed by atoms with E-state index in [1.165, 1.54) is 11.8 Å². The lowest BCUT2D eigenvalue weighted by atomic mass is 10.2. The van der Waals surface area contributed by atoms with Crippen LogP contribution in [-0.2, 0) is 11.8 Å². The highest BCUT2D eigenvalue weighted by atomic mass is 32.2. The summed E-state index contributed by atoms with van der Waals surface area (Å²) in [6.45, 7) is 3.86. The maximum Gasteiger partial charge on any atom is 0.313 e. The summed E-state index contributed by atoms with van der Waals surface area (Å²) in [4.78, 5) is 10.6. The molecule has 0 spiro atoms. The van der Waals surface area contributed by atoms with E-state index in [9.17, 15) is 4.79 Å². The number of nitrogens with zero attached hydrogens (tertiary/aromatic N) is 5. The number of aromatic nitrogens is 5. The molecule has 102 valence electrons. The summed E-state index contributed by atoms with van der Waals surface area (Å²) in [7, 11) is 1.86. The summed E-state index contributed by atoms with van der Waals surface area (Å²) in [6.07, 6.45) is 3.71. The van der Waals surface area contributed by atoms with Gasteiger partial charge < -0.3 is 5.11 Å². The average Bonchev–Trinajstić information content (AvgIpc) is 2.92. The van der Waals surface area contributed by atoms with Gasteiger partial charge in [0.2, 0.25) is 0 Å². The SMILES string of the molecule is Cc1nnc(SCC(=O)O)n1C(C)c1cnn(C)c1. The summed E-state index contributed by atoms with van der Waals surface area (Å²) < 4.78 is 3.65. The van der Waals surface area contributed by atoms with Crippen LogP contribution in [0, 0.1) is 6.92 Å². The van der Waals surface area contributed by atoms with Gasteiger partial charge in [0, 0.05) is 18.8 Å². The van der Waals surface area contributed by atoms with Gasteiger partial charge >= 0.3 is 5.97 Å². The van der Waals surface area contributed by atoms with Crippen molar-refractivity contribution in [2.75, 3.05) is 5.75 Å². The monoisotopic (exact) mass is 281 g/mol. The van der Waals surface area contributed by atoms with E-state index in [-0.39, 0.29) is 11.8 Å². The van der Waals surface area contributed by atoms with Crippen LogP contribution in [0.25, 0.3) is 0 Å². The molecule has 0 fully saturated rings. The predicted octanol–water partition coefficient (Wildman–Crippen LogP) is 1.11. The van der Waals surface area contributed by atoms with Gasteiger partial charge in [0.1, 0.15) is 5.82 Å². The Balaban J connectivity index is 2.27. The molecule has 0 aliphatic heterocycles. The predicted molar refractivity (Wildman–Crippen MR) is 70.1 cm³/mol. The molecule has 7 nitrogen and oxygen atoms in total. The number of thioether (sulfide) groups is 1. The average molecular weight is 281 g/mol. The third-order valence-electron chi connectivity index (χ3n) is 2.75. The molecule has 19 heavy (non-hydrogen) atoms. The number of hydrogen-bond acceptors (Lipinski definition) is 5. The van der Waals surface area contributed by atoms with E-state index in [2.05, 4.69) is 15.3 Å². The Hall–Kier alpha value is -1.83. The van der Waals surface area contributed by atoms with Crippen LogP contribution in [0.15, 0.2) is 17.6 Å². The van der Waals surface area contributed by atoms with Crippen molar-refractivity contribution in [3.05, 3.63) is 23.8 Å². The molecule has 2 rings (SSSR count). The first-order chi connectivity index (χ1) is 8.99. The summed E-state index contributed by atoms with van der Waals surface area (Å²) in [5.74, 6) is -0.145. The normalized spacial score (nSPS) is 12.6. The second-order valence-corrected chi connectivity index (χ2v) is 5.15. The van der Waals surface area contributed by atoms with Crippen LogP contribution >= 0.6 is 11.8 Å². The molecule has 0 amide bonds. The summed E-state index contributed by atoms with van der Waals surface area (Å²) in [5, 5.41) is 21.5. The van der Waals surface area contributed by atoms with Crippen molar-refractivity contribution in [2.45, 2.75) is 25.0 Å². The van der Waals surface area contributed by atoms with Gasteiger partial charge in [0.25, 0.3) is 0 Å². The number of carboxylic acid groups (broad SMARTS) is 1. The number of hydrogen-bond donors (Lipinski definition) is 1. The lowest BCUT2D eigenvalue weighted by molar-refractivity contribution is -0.133. The van der Waals surface area contributed by atoms with Crippen molar-refractivity contribution in [1.82, 2.24) is 24.5 Å². The molecule has 0 saturated carbocycles. The minimum atomic E-state index is -0.869. The van der Waals surface area contributed by atoms with Crippen LogP contribution in [0.3, 0.4) is 0 Å². The fraction of sp³-hybridized carbons (Fsp3) is 0.455. The van der Waals surface area contributed by atoms with Crippen molar-refractivity contribution in [3.8, 4) is 0 Å². The standard InChI is InChI=1S/C11H15N5O2S/c1-7(9-4-12-15(3)5-9)16-8(2)13-14-11(16)19-6-10(17)18/h4-5,7H,6H2,1-3H3,(H,17,18). The zero-order valence-electron chi connectivity index (χ0n) is 10.9.